The topological polar surface area (TPSA) is 76.7 Å². The molecule has 0 spiro atoms. The second kappa shape index (κ2) is 9.68. The molecule has 2 aromatic carbocycles. The molecule has 27 heavy (non-hydrogen) atoms. The first-order valence-corrected chi connectivity index (χ1v) is 8.10. The lowest BCUT2D eigenvalue weighted by atomic mass is 10.1. The van der Waals surface area contributed by atoms with E-state index in [2.05, 4.69) is 16.6 Å². The van der Waals surface area contributed by atoms with Gasteiger partial charge in [0.1, 0.15) is 11.5 Å². The minimum atomic E-state index is -0.402. The summed E-state index contributed by atoms with van der Waals surface area (Å²) in [7, 11) is 3.09. The first-order chi connectivity index (χ1) is 13.0. The van der Waals surface area contributed by atoms with Gasteiger partial charge in [-0.05, 0) is 36.4 Å². The zero-order valence-electron chi connectivity index (χ0n) is 15.1. The summed E-state index contributed by atoms with van der Waals surface area (Å²) in [5, 5.41) is 5.19. The average molecular weight is 364 g/mol. The van der Waals surface area contributed by atoms with Gasteiger partial charge in [0.2, 0.25) is 11.8 Å². The molecule has 0 aliphatic heterocycles. The van der Waals surface area contributed by atoms with E-state index in [1.165, 1.54) is 13.2 Å². The minimum Gasteiger partial charge on any atom is -0.497 e. The van der Waals surface area contributed by atoms with Crippen LogP contribution in [0.5, 0.6) is 11.5 Å². The maximum absolute atomic E-state index is 11.9. The van der Waals surface area contributed by atoms with E-state index in [1.54, 1.807) is 55.7 Å². The van der Waals surface area contributed by atoms with Crippen molar-refractivity contribution < 1.29 is 19.1 Å². The molecule has 6 nitrogen and oxygen atoms in total. The molecule has 2 N–H and O–H groups in total. The van der Waals surface area contributed by atoms with Crippen molar-refractivity contribution in [2.45, 2.75) is 0 Å². The maximum Gasteiger partial charge on any atom is 0.244 e. The van der Waals surface area contributed by atoms with Crippen molar-refractivity contribution in [3.8, 4) is 23.8 Å². The van der Waals surface area contributed by atoms with Crippen molar-refractivity contribution in [1.29, 1.82) is 0 Å². The van der Waals surface area contributed by atoms with Crippen molar-refractivity contribution in [2.75, 3.05) is 26.1 Å². The second-order valence-corrected chi connectivity index (χ2v) is 5.43. The summed E-state index contributed by atoms with van der Waals surface area (Å²) in [4.78, 5) is 23.9. The lowest BCUT2D eigenvalue weighted by molar-refractivity contribution is -0.121. The molecule has 2 rings (SSSR count). The van der Waals surface area contributed by atoms with Crippen molar-refractivity contribution in [3.05, 3.63) is 59.7 Å². The number of rotatable bonds is 7. The molecule has 2 amide bonds. The van der Waals surface area contributed by atoms with Crippen molar-refractivity contribution in [2.24, 2.45) is 0 Å². The first-order valence-electron chi connectivity index (χ1n) is 8.10. The maximum atomic E-state index is 11.9. The summed E-state index contributed by atoms with van der Waals surface area (Å²) in [6.45, 7) is -0.163. The molecular weight excluding hydrogens is 344 g/mol. The largest absolute Gasteiger partial charge is 0.497 e. The van der Waals surface area contributed by atoms with Crippen LogP contribution in [0.2, 0.25) is 0 Å². The minimum absolute atomic E-state index is 0.163. The Kier molecular flexibility index (Phi) is 7.03. The summed E-state index contributed by atoms with van der Waals surface area (Å²) in [6.07, 6.45) is 8.25. The molecule has 0 heterocycles. The third kappa shape index (κ3) is 5.94. The fourth-order valence-electron chi connectivity index (χ4n) is 2.24. The van der Waals surface area contributed by atoms with E-state index in [9.17, 15) is 9.59 Å². The van der Waals surface area contributed by atoms with Gasteiger partial charge in [0.25, 0.3) is 0 Å². The number of carbonyl (C=O) groups excluding carboxylic acids is 2. The molecule has 0 aliphatic rings. The van der Waals surface area contributed by atoms with Crippen molar-refractivity contribution in [1.82, 2.24) is 5.32 Å². The zero-order valence-corrected chi connectivity index (χ0v) is 15.1. The summed E-state index contributed by atoms with van der Waals surface area (Å²) >= 11 is 0. The highest BCUT2D eigenvalue weighted by Gasteiger charge is 2.06. The summed E-state index contributed by atoms with van der Waals surface area (Å²) in [6, 6.07) is 12.1. The number of ether oxygens (including phenoxy) is 2. The van der Waals surface area contributed by atoms with Gasteiger partial charge in [0.15, 0.2) is 0 Å². The van der Waals surface area contributed by atoms with Gasteiger partial charge in [0, 0.05) is 29.0 Å². The van der Waals surface area contributed by atoms with Crippen LogP contribution in [-0.2, 0) is 9.59 Å². The standard InChI is InChI=1S/C21H20N2O4/c1-4-15-6-5-7-17(12-15)23-21(25)14-22-20(24)11-9-16-8-10-18(26-2)13-19(16)27-3/h1,5-13H,14H2,2-3H3,(H,22,24)(H,23,25). The molecule has 138 valence electrons. The molecular formula is C21H20N2O4. The molecule has 0 radical (unpaired) electrons. The van der Waals surface area contributed by atoms with Crippen LogP contribution >= 0.6 is 0 Å². The highest BCUT2D eigenvalue weighted by molar-refractivity contribution is 5.98. The molecule has 0 bridgehead atoms. The number of hydrogen-bond acceptors (Lipinski definition) is 4. The van der Waals surface area contributed by atoms with Crippen LogP contribution < -0.4 is 20.1 Å². The van der Waals surface area contributed by atoms with Crippen LogP contribution in [0.25, 0.3) is 6.08 Å². The van der Waals surface area contributed by atoms with Crippen LogP contribution in [0.1, 0.15) is 11.1 Å². The van der Waals surface area contributed by atoms with Gasteiger partial charge in [0.05, 0.1) is 20.8 Å². The van der Waals surface area contributed by atoms with Crippen molar-refractivity contribution in [3.63, 3.8) is 0 Å². The lowest BCUT2D eigenvalue weighted by Crippen LogP contribution is -2.31. The van der Waals surface area contributed by atoms with Gasteiger partial charge in [-0.3, -0.25) is 9.59 Å². The number of benzene rings is 2. The van der Waals surface area contributed by atoms with E-state index in [4.69, 9.17) is 15.9 Å². The number of anilines is 1. The fourth-order valence-corrected chi connectivity index (χ4v) is 2.24. The van der Waals surface area contributed by atoms with Crippen LogP contribution in [0.15, 0.2) is 48.5 Å². The number of hydrogen-bond donors (Lipinski definition) is 2. The quantitative estimate of drug-likeness (QED) is 0.584. The van der Waals surface area contributed by atoms with E-state index in [1.807, 2.05) is 0 Å². The van der Waals surface area contributed by atoms with E-state index in [-0.39, 0.29) is 12.5 Å². The molecule has 0 fully saturated rings. The molecule has 0 unspecified atom stereocenters. The zero-order chi connectivity index (χ0) is 19.6. The monoisotopic (exact) mass is 364 g/mol. The third-order valence-electron chi connectivity index (χ3n) is 3.59. The average Bonchev–Trinajstić information content (AvgIpc) is 2.70. The first kappa shape index (κ1) is 19.6. The summed E-state index contributed by atoms with van der Waals surface area (Å²) in [5.74, 6) is 2.96. The molecule has 0 aromatic heterocycles. The molecule has 6 heteroatoms. The van der Waals surface area contributed by atoms with Crippen LogP contribution in [0, 0.1) is 12.3 Å². The van der Waals surface area contributed by atoms with E-state index in [0.29, 0.717) is 28.3 Å². The Hall–Kier alpha value is -3.72. The summed E-state index contributed by atoms with van der Waals surface area (Å²) < 4.78 is 10.4. The lowest BCUT2D eigenvalue weighted by Gasteiger charge is -2.07. The van der Waals surface area contributed by atoms with Gasteiger partial charge in [-0.15, -0.1) is 6.42 Å². The van der Waals surface area contributed by atoms with E-state index in [0.717, 1.165) is 0 Å². The van der Waals surface area contributed by atoms with Gasteiger partial charge >= 0.3 is 0 Å². The number of terminal acetylenes is 1. The smallest absolute Gasteiger partial charge is 0.244 e. The third-order valence-corrected chi connectivity index (χ3v) is 3.59. The van der Waals surface area contributed by atoms with E-state index >= 15 is 0 Å². The predicted molar refractivity (Wildman–Crippen MR) is 105 cm³/mol. The Balaban J connectivity index is 1.89. The Morgan fingerprint density at radius 3 is 2.67 bits per heavy atom. The molecule has 0 aliphatic carbocycles. The molecule has 0 saturated heterocycles. The van der Waals surface area contributed by atoms with Crippen LogP contribution in [0.3, 0.4) is 0 Å². The Labute approximate surface area is 158 Å². The Morgan fingerprint density at radius 2 is 1.96 bits per heavy atom. The summed E-state index contributed by atoms with van der Waals surface area (Å²) in [5.41, 5.74) is 1.94. The number of methoxy groups -OCH3 is 2. The van der Waals surface area contributed by atoms with E-state index < -0.39 is 5.91 Å². The fraction of sp³-hybridized carbons (Fsp3) is 0.143. The Bertz CT molecular complexity index is 897. The van der Waals surface area contributed by atoms with Gasteiger partial charge in [-0.25, -0.2) is 0 Å². The van der Waals surface area contributed by atoms with Crippen LogP contribution in [-0.4, -0.2) is 32.6 Å². The van der Waals surface area contributed by atoms with Gasteiger partial charge in [-0.2, -0.15) is 0 Å². The highest BCUT2D eigenvalue weighted by atomic mass is 16.5. The normalized spacial score (nSPS) is 10.1. The van der Waals surface area contributed by atoms with Gasteiger partial charge in [-0.1, -0.05) is 12.0 Å². The number of nitrogens with one attached hydrogen (secondary N) is 2. The van der Waals surface area contributed by atoms with Gasteiger partial charge < -0.3 is 20.1 Å². The molecule has 0 saturated carbocycles. The SMILES string of the molecule is C#Cc1cccc(NC(=O)CNC(=O)C=Cc2ccc(OC)cc2OC)c1. The highest BCUT2D eigenvalue weighted by Crippen LogP contribution is 2.25. The molecule has 0 atom stereocenters. The van der Waals surface area contributed by atoms with Crippen molar-refractivity contribution >= 4 is 23.6 Å². The predicted octanol–water partition coefficient (Wildman–Crippen LogP) is 2.45. The van der Waals surface area contributed by atoms with Crippen LogP contribution in [0.4, 0.5) is 5.69 Å². The number of carbonyl (C=O) groups is 2. The number of amides is 2. The second-order valence-electron chi connectivity index (χ2n) is 5.43. The Morgan fingerprint density at radius 1 is 1.15 bits per heavy atom. The molecule has 2 aromatic rings.